The molecule has 1 aromatic rings. The fraction of sp³-hybridized carbons (Fsp3) is 0.500. The van der Waals surface area contributed by atoms with Crippen LogP contribution < -0.4 is 9.47 Å². The summed E-state index contributed by atoms with van der Waals surface area (Å²) in [5, 5.41) is 0. The van der Waals surface area contributed by atoms with Gasteiger partial charge < -0.3 is 14.2 Å². The van der Waals surface area contributed by atoms with Crippen LogP contribution in [0, 0.1) is 6.92 Å². The van der Waals surface area contributed by atoms with Crippen LogP contribution in [0.3, 0.4) is 0 Å². The molecule has 0 aliphatic rings. The third-order valence-corrected chi connectivity index (χ3v) is 1.64. The summed E-state index contributed by atoms with van der Waals surface area (Å²) >= 11 is 0. The Hall–Kier alpha value is -1.29. The number of methoxy groups -OCH3 is 1. The highest BCUT2D eigenvalue weighted by Gasteiger charge is 2.02. The maximum atomic E-state index is 5.28. The van der Waals surface area contributed by atoms with Crippen molar-refractivity contribution < 1.29 is 14.2 Å². The van der Waals surface area contributed by atoms with E-state index in [4.69, 9.17) is 14.2 Å². The van der Waals surface area contributed by atoms with Crippen molar-refractivity contribution in [3.05, 3.63) is 17.8 Å². The monoisotopic (exact) mass is 197 g/mol. The maximum Gasteiger partial charge on any atom is 0.213 e. The Balaban J connectivity index is 2.68. The number of rotatable bonds is 5. The van der Waals surface area contributed by atoms with Gasteiger partial charge in [-0.15, -0.1) is 0 Å². The zero-order valence-electron chi connectivity index (χ0n) is 8.74. The van der Waals surface area contributed by atoms with E-state index in [1.165, 1.54) is 0 Å². The second-order valence-electron chi connectivity index (χ2n) is 2.72. The van der Waals surface area contributed by atoms with Gasteiger partial charge in [0.15, 0.2) is 6.79 Å². The lowest BCUT2D eigenvalue weighted by Gasteiger charge is -2.08. The average Bonchev–Trinajstić information content (AvgIpc) is 2.17. The summed E-state index contributed by atoms with van der Waals surface area (Å²) in [5.41, 5.74) is 0.799. The summed E-state index contributed by atoms with van der Waals surface area (Å²) in [5.74, 6) is 1.34. The van der Waals surface area contributed by atoms with Gasteiger partial charge in [-0.25, -0.2) is 4.98 Å². The van der Waals surface area contributed by atoms with E-state index in [1.54, 1.807) is 13.2 Å². The summed E-state index contributed by atoms with van der Waals surface area (Å²) in [6.45, 7) is 4.64. The lowest BCUT2D eigenvalue weighted by molar-refractivity contribution is 0.0502. The van der Waals surface area contributed by atoms with E-state index in [9.17, 15) is 0 Å². The van der Waals surface area contributed by atoms with Gasteiger partial charge in [-0.3, -0.25) is 0 Å². The molecule has 4 heteroatoms. The van der Waals surface area contributed by atoms with E-state index in [2.05, 4.69) is 4.98 Å². The topological polar surface area (TPSA) is 40.6 Å². The normalized spacial score (nSPS) is 9.93. The van der Waals surface area contributed by atoms with Gasteiger partial charge in [-0.05, 0) is 19.9 Å². The van der Waals surface area contributed by atoms with Gasteiger partial charge in [-0.2, -0.15) is 0 Å². The lowest BCUT2D eigenvalue weighted by atomic mass is 10.3. The predicted molar refractivity (Wildman–Crippen MR) is 52.6 cm³/mol. The first-order valence-electron chi connectivity index (χ1n) is 4.50. The summed E-state index contributed by atoms with van der Waals surface area (Å²) in [6, 6.07) is 3.60. The largest absolute Gasteiger partial charge is 0.478 e. The van der Waals surface area contributed by atoms with Crippen molar-refractivity contribution in [3.8, 4) is 11.6 Å². The Bertz CT molecular complexity index is 289. The SMILES string of the molecule is CCOc1ccc(OCOC)c(C)n1. The Morgan fingerprint density at radius 3 is 2.64 bits per heavy atom. The number of hydrogen-bond donors (Lipinski definition) is 0. The fourth-order valence-electron chi connectivity index (χ4n) is 1.03. The van der Waals surface area contributed by atoms with Crippen LogP contribution in [0.2, 0.25) is 0 Å². The molecule has 1 heterocycles. The molecule has 0 fully saturated rings. The maximum absolute atomic E-state index is 5.28. The van der Waals surface area contributed by atoms with Crippen molar-refractivity contribution in [1.29, 1.82) is 0 Å². The molecule has 0 atom stereocenters. The number of nitrogens with zero attached hydrogens (tertiary/aromatic N) is 1. The zero-order chi connectivity index (χ0) is 10.4. The Morgan fingerprint density at radius 1 is 1.29 bits per heavy atom. The molecule has 1 rings (SSSR count). The summed E-state index contributed by atoms with van der Waals surface area (Å²) < 4.78 is 15.3. The third kappa shape index (κ3) is 2.88. The zero-order valence-corrected chi connectivity index (χ0v) is 8.74. The number of pyridine rings is 1. The van der Waals surface area contributed by atoms with Crippen molar-refractivity contribution in [2.45, 2.75) is 13.8 Å². The minimum atomic E-state index is 0.233. The Kier molecular flexibility index (Phi) is 4.19. The first-order valence-corrected chi connectivity index (χ1v) is 4.50. The standard InChI is InChI=1S/C10H15NO3/c1-4-13-10-6-5-9(8(2)11-10)14-7-12-3/h5-6H,4,7H2,1-3H3. The van der Waals surface area contributed by atoms with Crippen molar-refractivity contribution in [2.24, 2.45) is 0 Å². The van der Waals surface area contributed by atoms with E-state index >= 15 is 0 Å². The third-order valence-electron chi connectivity index (χ3n) is 1.64. The van der Waals surface area contributed by atoms with E-state index < -0.39 is 0 Å². The van der Waals surface area contributed by atoms with Crippen LogP contribution in [0.5, 0.6) is 11.6 Å². The van der Waals surface area contributed by atoms with Gasteiger partial charge in [0.05, 0.1) is 12.3 Å². The highest BCUT2D eigenvalue weighted by atomic mass is 16.7. The summed E-state index contributed by atoms with van der Waals surface area (Å²) in [7, 11) is 1.58. The Labute approximate surface area is 83.8 Å². The van der Waals surface area contributed by atoms with Gasteiger partial charge in [0.1, 0.15) is 5.75 Å². The van der Waals surface area contributed by atoms with Gasteiger partial charge >= 0.3 is 0 Å². The van der Waals surface area contributed by atoms with Crippen molar-refractivity contribution >= 4 is 0 Å². The van der Waals surface area contributed by atoms with Crippen LogP contribution in [0.15, 0.2) is 12.1 Å². The number of hydrogen-bond acceptors (Lipinski definition) is 4. The predicted octanol–water partition coefficient (Wildman–Crippen LogP) is 1.77. The molecule has 0 unspecified atom stereocenters. The van der Waals surface area contributed by atoms with Crippen molar-refractivity contribution in [3.63, 3.8) is 0 Å². The molecule has 0 bridgehead atoms. The average molecular weight is 197 g/mol. The van der Waals surface area contributed by atoms with Crippen LogP contribution in [-0.4, -0.2) is 25.5 Å². The highest BCUT2D eigenvalue weighted by Crippen LogP contribution is 2.19. The first kappa shape index (κ1) is 10.8. The van der Waals surface area contributed by atoms with Crippen LogP contribution in [0.4, 0.5) is 0 Å². The number of ether oxygens (including phenoxy) is 3. The molecule has 0 radical (unpaired) electrons. The molecule has 0 N–H and O–H groups in total. The van der Waals surface area contributed by atoms with Gasteiger partial charge in [-0.1, -0.05) is 0 Å². The smallest absolute Gasteiger partial charge is 0.213 e. The van der Waals surface area contributed by atoms with Crippen molar-refractivity contribution in [1.82, 2.24) is 4.98 Å². The molecule has 0 spiro atoms. The second-order valence-corrected chi connectivity index (χ2v) is 2.72. The molecular formula is C10H15NO3. The molecule has 4 nitrogen and oxygen atoms in total. The van der Waals surface area contributed by atoms with Gasteiger partial charge in [0.25, 0.3) is 0 Å². The number of aryl methyl sites for hydroxylation is 1. The number of aromatic nitrogens is 1. The lowest BCUT2D eigenvalue weighted by Crippen LogP contribution is -2.02. The van der Waals surface area contributed by atoms with E-state index in [0.717, 1.165) is 11.4 Å². The molecule has 0 aliphatic carbocycles. The molecule has 0 amide bonds. The summed E-state index contributed by atoms with van der Waals surface area (Å²) in [4.78, 5) is 4.21. The van der Waals surface area contributed by atoms with E-state index in [-0.39, 0.29) is 6.79 Å². The van der Waals surface area contributed by atoms with Crippen molar-refractivity contribution in [2.75, 3.05) is 20.5 Å². The quantitative estimate of drug-likeness (QED) is 0.674. The molecule has 14 heavy (non-hydrogen) atoms. The van der Waals surface area contributed by atoms with Gasteiger partial charge in [0, 0.05) is 13.2 Å². The van der Waals surface area contributed by atoms with E-state index in [1.807, 2.05) is 19.9 Å². The fourth-order valence-corrected chi connectivity index (χ4v) is 1.03. The van der Waals surface area contributed by atoms with Crippen LogP contribution in [0.25, 0.3) is 0 Å². The minimum absolute atomic E-state index is 0.233. The molecule has 0 aliphatic heterocycles. The highest BCUT2D eigenvalue weighted by molar-refractivity contribution is 5.30. The van der Waals surface area contributed by atoms with Gasteiger partial charge in [0.2, 0.25) is 5.88 Å². The summed E-state index contributed by atoms with van der Waals surface area (Å²) in [6.07, 6.45) is 0. The minimum Gasteiger partial charge on any atom is -0.478 e. The van der Waals surface area contributed by atoms with Crippen LogP contribution in [-0.2, 0) is 4.74 Å². The molecule has 78 valence electrons. The molecular weight excluding hydrogens is 182 g/mol. The molecule has 1 aromatic heterocycles. The second kappa shape index (κ2) is 5.44. The molecule has 0 saturated carbocycles. The van der Waals surface area contributed by atoms with Crippen LogP contribution >= 0.6 is 0 Å². The van der Waals surface area contributed by atoms with E-state index in [0.29, 0.717) is 12.5 Å². The molecule has 0 saturated heterocycles. The Morgan fingerprint density at radius 2 is 2.07 bits per heavy atom. The van der Waals surface area contributed by atoms with Crippen LogP contribution in [0.1, 0.15) is 12.6 Å². The molecule has 0 aromatic carbocycles. The first-order chi connectivity index (χ1) is 6.77.